The average Bonchev–Trinajstić information content (AvgIpc) is 2.72. The van der Waals surface area contributed by atoms with Crippen LogP contribution in [0.3, 0.4) is 0 Å². The lowest BCUT2D eigenvalue weighted by atomic mass is 9.99. The van der Waals surface area contributed by atoms with Crippen molar-refractivity contribution in [1.29, 1.82) is 0 Å². The maximum atomic E-state index is 13.2. The van der Waals surface area contributed by atoms with E-state index in [1.165, 1.54) is 18.9 Å². The molecular formula is C21H31F3N4O2. The van der Waals surface area contributed by atoms with Gasteiger partial charge in [-0.15, -0.1) is 0 Å². The Balaban J connectivity index is 1.55. The maximum absolute atomic E-state index is 13.2. The summed E-state index contributed by atoms with van der Waals surface area (Å²) in [7, 11) is 0. The highest BCUT2D eigenvalue weighted by molar-refractivity contribution is 5.93. The molecular weight excluding hydrogens is 397 g/mol. The quantitative estimate of drug-likeness (QED) is 0.677. The number of hydrogen-bond acceptors (Lipinski definition) is 4. The number of likely N-dealkylation sites (tertiary alicyclic amines) is 1. The zero-order chi connectivity index (χ0) is 21.6. The summed E-state index contributed by atoms with van der Waals surface area (Å²) >= 11 is 0. The summed E-state index contributed by atoms with van der Waals surface area (Å²) in [6.07, 6.45) is -1.26. The van der Waals surface area contributed by atoms with Crippen molar-refractivity contribution in [3.63, 3.8) is 0 Å². The second-order valence-electron chi connectivity index (χ2n) is 8.09. The molecule has 9 heteroatoms. The van der Waals surface area contributed by atoms with Crippen molar-refractivity contribution in [3.8, 4) is 0 Å². The van der Waals surface area contributed by atoms with E-state index >= 15 is 0 Å². The number of morpholine rings is 1. The molecule has 2 N–H and O–H groups in total. The Labute approximate surface area is 175 Å². The van der Waals surface area contributed by atoms with Gasteiger partial charge in [0, 0.05) is 19.6 Å². The number of anilines is 2. The van der Waals surface area contributed by atoms with Crippen LogP contribution in [0.5, 0.6) is 0 Å². The minimum absolute atomic E-state index is 0.161. The van der Waals surface area contributed by atoms with E-state index in [4.69, 9.17) is 4.74 Å². The lowest BCUT2D eigenvalue weighted by Gasteiger charge is -2.31. The first-order valence-corrected chi connectivity index (χ1v) is 10.6. The van der Waals surface area contributed by atoms with Gasteiger partial charge >= 0.3 is 12.2 Å². The van der Waals surface area contributed by atoms with Crippen LogP contribution in [0.2, 0.25) is 0 Å². The molecule has 0 radical (unpaired) electrons. The number of amides is 2. The number of alkyl halides is 3. The van der Waals surface area contributed by atoms with Gasteiger partial charge in [-0.05, 0) is 63.0 Å². The first-order chi connectivity index (χ1) is 14.3. The standard InChI is InChI=1S/C21H31F3N4O2/c1-16-5-9-27(10-6-16)8-2-7-25-20(29)26-18-15-17(21(22,23)24)3-4-19(18)28-11-13-30-14-12-28/h3-4,15-16H,2,5-14H2,1H3,(H2,25,26,29). The van der Waals surface area contributed by atoms with Crippen molar-refractivity contribution in [2.45, 2.75) is 32.4 Å². The average molecular weight is 428 g/mol. The minimum Gasteiger partial charge on any atom is -0.378 e. The molecule has 2 heterocycles. The highest BCUT2D eigenvalue weighted by Crippen LogP contribution is 2.35. The molecule has 2 aliphatic rings. The van der Waals surface area contributed by atoms with Crippen molar-refractivity contribution >= 4 is 17.4 Å². The zero-order valence-corrected chi connectivity index (χ0v) is 17.4. The highest BCUT2D eigenvalue weighted by atomic mass is 19.4. The number of nitrogens with one attached hydrogen (secondary N) is 2. The van der Waals surface area contributed by atoms with Crippen LogP contribution in [-0.2, 0) is 10.9 Å². The van der Waals surface area contributed by atoms with Gasteiger partial charge in [-0.2, -0.15) is 13.2 Å². The fourth-order valence-electron chi connectivity index (χ4n) is 3.85. The lowest BCUT2D eigenvalue weighted by Crippen LogP contribution is -2.38. The maximum Gasteiger partial charge on any atom is 0.416 e. The monoisotopic (exact) mass is 428 g/mol. The van der Waals surface area contributed by atoms with Crippen molar-refractivity contribution < 1.29 is 22.7 Å². The van der Waals surface area contributed by atoms with Crippen molar-refractivity contribution in [1.82, 2.24) is 10.2 Å². The molecule has 0 saturated carbocycles. The van der Waals surface area contributed by atoms with Gasteiger partial charge in [-0.3, -0.25) is 0 Å². The predicted octanol–water partition coefficient (Wildman–Crippen LogP) is 3.79. The normalized spacial score (nSPS) is 19.0. The minimum atomic E-state index is -4.47. The smallest absolute Gasteiger partial charge is 0.378 e. The lowest BCUT2D eigenvalue weighted by molar-refractivity contribution is -0.137. The number of urea groups is 1. The molecule has 30 heavy (non-hydrogen) atoms. The van der Waals surface area contributed by atoms with Crippen molar-refractivity contribution in [2.75, 3.05) is 62.7 Å². The van der Waals surface area contributed by atoms with Crippen LogP contribution in [-0.4, -0.2) is 63.4 Å². The molecule has 0 atom stereocenters. The van der Waals surface area contributed by atoms with Gasteiger partial charge in [0.05, 0.1) is 30.2 Å². The third kappa shape index (κ3) is 6.50. The van der Waals surface area contributed by atoms with E-state index in [1.54, 1.807) is 0 Å². The summed E-state index contributed by atoms with van der Waals surface area (Å²) in [6, 6.07) is 2.98. The number of ether oxygens (including phenoxy) is 1. The number of halogens is 3. The summed E-state index contributed by atoms with van der Waals surface area (Å²) in [4.78, 5) is 16.7. The van der Waals surface area contributed by atoms with Gasteiger partial charge in [0.2, 0.25) is 0 Å². The molecule has 2 amide bonds. The van der Waals surface area contributed by atoms with Crippen LogP contribution in [0.1, 0.15) is 31.7 Å². The molecule has 2 aliphatic heterocycles. The number of nitrogens with zero attached hydrogens (tertiary/aromatic N) is 2. The van der Waals surface area contributed by atoms with Gasteiger partial charge in [-0.1, -0.05) is 6.92 Å². The molecule has 0 aliphatic carbocycles. The van der Waals surface area contributed by atoms with Crippen LogP contribution in [0.15, 0.2) is 18.2 Å². The first-order valence-electron chi connectivity index (χ1n) is 10.6. The number of carbonyl (C=O) groups is 1. The number of rotatable bonds is 6. The van der Waals surface area contributed by atoms with E-state index in [9.17, 15) is 18.0 Å². The van der Waals surface area contributed by atoms with Crippen LogP contribution in [0, 0.1) is 5.92 Å². The summed E-state index contributed by atoms with van der Waals surface area (Å²) in [5, 5.41) is 5.39. The molecule has 1 aromatic carbocycles. The van der Waals surface area contributed by atoms with Crippen molar-refractivity contribution in [2.24, 2.45) is 5.92 Å². The molecule has 3 rings (SSSR count). The number of piperidine rings is 1. The molecule has 0 aromatic heterocycles. The van der Waals surface area contributed by atoms with Crippen molar-refractivity contribution in [3.05, 3.63) is 23.8 Å². The Morgan fingerprint density at radius 1 is 1.17 bits per heavy atom. The van der Waals surface area contributed by atoms with E-state index in [2.05, 4.69) is 22.5 Å². The summed E-state index contributed by atoms with van der Waals surface area (Å²) in [6.45, 7) is 7.96. The van der Waals surface area contributed by atoms with Crippen LogP contribution in [0.25, 0.3) is 0 Å². The molecule has 0 unspecified atom stereocenters. The summed E-state index contributed by atoms with van der Waals surface area (Å²) in [5.74, 6) is 0.776. The van der Waals surface area contributed by atoms with Gasteiger partial charge in [0.1, 0.15) is 0 Å². The zero-order valence-electron chi connectivity index (χ0n) is 17.4. The Morgan fingerprint density at radius 2 is 1.87 bits per heavy atom. The highest BCUT2D eigenvalue weighted by Gasteiger charge is 2.32. The molecule has 6 nitrogen and oxygen atoms in total. The molecule has 0 bridgehead atoms. The Morgan fingerprint density at radius 3 is 2.53 bits per heavy atom. The number of carbonyl (C=O) groups excluding carboxylic acids is 1. The molecule has 2 saturated heterocycles. The predicted molar refractivity (Wildman–Crippen MR) is 111 cm³/mol. The molecule has 168 valence electrons. The summed E-state index contributed by atoms with van der Waals surface area (Å²) in [5.41, 5.74) is -0.0488. The summed E-state index contributed by atoms with van der Waals surface area (Å²) < 4.78 is 44.8. The van der Waals surface area contributed by atoms with Gasteiger partial charge in [0.25, 0.3) is 0 Å². The molecule has 0 spiro atoms. The van der Waals surface area contributed by atoms with Gasteiger partial charge in [-0.25, -0.2) is 4.79 Å². The topological polar surface area (TPSA) is 56.8 Å². The fraction of sp³-hybridized carbons (Fsp3) is 0.667. The van der Waals surface area contributed by atoms with Crippen LogP contribution in [0.4, 0.5) is 29.3 Å². The molecule has 2 fully saturated rings. The van der Waals surface area contributed by atoms with E-state index < -0.39 is 17.8 Å². The van der Waals surface area contributed by atoms with Crippen LogP contribution >= 0.6 is 0 Å². The Kier molecular flexibility index (Phi) is 7.82. The largest absolute Gasteiger partial charge is 0.416 e. The first kappa shape index (κ1) is 22.7. The van der Waals surface area contributed by atoms with E-state index in [1.807, 2.05) is 4.90 Å². The SMILES string of the molecule is CC1CCN(CCCNC(=O)Nc2cc(C(F)(F)F)ccc2N2CCOCC2)CC1. The second-order valence-corrected chi connectivity index (χ2v) is 8.09. The third-order valence-corrected chi connectivity index (χ3v) is 5.74. The fourth-order valence-corrected chi connectivity index (χ4v) is 3.85. The number of hydrogen-bond donors (Lipinski definition) is 2. The Bertz CT molecular complexity index is 700. The molecule has 1 aromatic rings. The van der Waals surface area contributed by atoms with Gasteiger partial charge in [0.15, 0.2) is 0 Å². The van der Waals surface area contributed by atoms with E-state index in [0.717, 1.165) is 44.1 Å². The second kappa shape index (κ2) is 10.3. The third-order valence-electron chi connectivity index (χ3n) is 5.74. The Hall–Kier alpha value is -2.00. The number of benzene rings is 1. The van der Waals surface area contributed by atoms with E-state index in [0.29, 0.717) is 38.5 Å². The van der Waals surface area contributed by atoms with E-state index in [-0.39, 0.29) is 5.69 Å². The van der Waals surface area contributed by atoms with Crippen LogP contribution < -0.4 is 15.5 Å². The van der Waals surface area contributed by atoms with Gasteiger partial charge < -0.3 is 25.2 Å².